The van der Waals surface area contributed by atoms with E-state index in [-0.39, 0.29) is 10.7 Å². The lowest BCUT2D eigenvalue weighted by molar-refractivity contribution is -0.303. The van der Waals surface area contributed by atoms with Crippen LogP contribution in [0.1, 0.15) is 25.8 Å². The van der Waals surface area contributed by atoms with E-state index in [4.69, 9.17) is 0 Å². The van der Waals surface area contributed by atoms with Crippen LogP contribution in [0, 0.1) is 5.92 Å². The molecule has 1 aliphatic rings. The summed E-state index contributed by atoms with van der Waals surface area (Å²) in [6.45, 7) is 2.89. The largest absolute Gasteiger partial charge is 0.438 e. The first-order chi connectivity index (χ1) is 9.67. The molecular formula is C13H14F3N3O2. The number of hydrogen-bond acceptors (Lipinski definition) is 4. The van der Waals surface area contributed by atoms with E-state index in [9.17, 15) is 23.1 Å². The molecule has 8 heteroatoms. The third kappa shape index (κ3) is 2.63. The second kappa shape index (κ2) is 5.10. The van der Waals surface area contributed by atoms with Crippen molar-refractivity contribution in [2.45, 2.75) is 32.2 Å². The van der Waals surface area contributed by atoms with E-state index in [2.05, 4.69) is 10.1 Å². The van der Waals surface area contributed by atoms with Gasteiger partial charge in [0.15, 0.2) is 0 Å². The maximum atomic E-state index is 13.2. The fourth-order valence-electron chi connectivity index (χ4n) is 1.95. The monoisotopic (exact) mass is 301 g/mol. The van der Waals surface area contributed by atoms with Crippen LogP contribution in [0.4, 0.5) is 13.2 Å². The zero-order valence-electron chi connectivity index (χ0n) is 11.4. The highest BCUT2D eigenvalue weighted by Gasteiger charge is 2.63. The van der Waals surface area contributed by atoms with Crippen molar-refractivity contribution in [2.24, 2.45) is 11.0 Å². The lowest BCUT2D eigenvalue weighted by Gasteiger charge is -2.33. The molecule has 1 N–H and O–H groups in total. The topological polar surface area (TPSA) is 65.8 Å². The van der Waals surface area contributed by atoms with Crippen LogP contribution >= 0.6 is 0 Å². The molecule has 21 heavy (non-hydrogen) atoms. The third-order valence-corrected chi connectivity index (χ3v) is 3.16. The van der Waals surface area contributed by atoms with Crippen LogP contribution in [0.15, 0.2) is 29.6 Å². The SMILES string of the molecule is CC(C)C(=O)N1N=C(c2ccncc2)CC1(O)C(F)(F)F. The van der Waals surface area contributed by atoms with Crippen molar-refractivity contribution in [3.05, 3.63) is 30.1 Å². The van der Waals surface area contributed by atoms with Crippen LogP contribution in [-0.4, -0.2) is 38.6 Å². The summed E-state index contributed by atoms with van der Waals surface area (Å²) < 4.78 is 39.5. The van der Waals surface area contributed by atoms with Crippen molar-refractivity contribution >= 4 is 11.6 Å². The van der Waals surface area contributed by atoms with Gasteiger partial charge in [-0.05, 0) is 12.1 Å². The summed E-state index contributed by atoms with van der Waals surface area (Å²) in [5, 5.41) is 13.8. The molecular weight excluding hydrogens is 287 g/mol. The molecule has 0 saturated heterocycles. The second-order valence-electron chi connectivity index (χ2n) is 5.08. The van der Waals surface area contributed by atoms with Gasteiger partial charge in [-0.1, -0.05) is 13.8 Å². The third-order valence-electron chi connectivity index (χ3n) is 3.16. The highest BCUT2D eigenvalue weighted by molar-refractivity contribution is 6.03. The predicted molar refractivity (Wildman–Crippen MR) is 68.1 cm³/mol. The number of halogens is 3. The molecule has 1 aliphatic heterocycles. The molecule has 114 valence electrons. The summed E-state index contributed by atoms with van der Waals surface area (Å²) >= 11 is 0. The van der Waals surface area contributed by atoms with Gasteiger partial charge in [-0.25, -0.2) is 0 Å². The minimum absolute atomic E-state index is 0.00812. The van der Waals surface area contributed by atoms with Gasteiger partial charge in [0.25, 0.3) is 5.72 Å². The van der Waals surface area contributed by atoms with Crippen LogP contribution in [0.2, 0.25) is 0 Å². The molecule has 0 bridgehead atoms. The molecule has 1 unspecified atom stereocenters. The Bertz CT molecular complexity index is 572. The normalized spacial score (nSPS) is 22.6. The molecule has 5 nitrogen and oxygen atoms in total. The number of pyridine rings is 1. The molecule has 0 fully saturated rings. The summed E-state index contributed by atoms with van der Waals surface area (Å²) in [5.41, 5.74) is -2.94. The number of hydrogen-bond donors (Lipinski definition) is 1. The first-order valence-electron chi connectivity index (χ1n) is 6.28. The predicted octanol–water partition coefficient (Wildman–Crippen LogP) is 1.92. The van der Waals surface area contributed by atoms with Crippen molar-refractivity contribution in [1.82, 2.24) is 9.99 Å². The maximum Gasteiger partial charge on any atom is 0.438 e. The van der Waals surface area contributed by atoms with E-state index < -0.39 is 30.1 Å². The first-order valence-corrected chi connectivity index (χ1v) is 6.28. The Balaban J connectivity index is 2.45. The average molecular weight is 301 g/mol. The molecule has 2 heterocycles. The summed E-state index contributed by atoms with van der Waals surface area (Å²) in [4.78, 5) is 15.7. The van der Waals surface area contributed by atoms with Crippen molar-refractivity contribution in [1.29, 1.82) is 0 Å². The van der Waals surface area contributed by atoms with E-state index in [0.717, 1.165) is 0 Å². The van der Waals surface area contributed by atoms with Crippen LogP contribution in [0.3, 0.4) is 0 Å². The molecule has 0 radical (unpaired) electrons. The number of aliphatic hydroxyl groups is 1. The molecule has 1 atom stereocenters. The Morgan fingerprint density at radius 3 is 2.43 bits per heavy atom. The number of rotatable bonds is 2. The highest BCUT2D eigenvalue weighted by atomic mass is 19.4. The van der Waals surface area contributed by atoms with Gasteiger partial charge in [0.1, 0.15) is 0 Å². The Morgan fingerprint density at radius 1 is 1.38 bits per heavy atom. The Labute approximate surface area is 119 Å². The van der Waals surface area contributed by atoms with Crippen molar-refractivity contribution < 1.29 is 23.1 Å². The molecule has 1 aromatic rings. The van der Waals surface area contributed by atoms with Gasteiger partial charge in [-0.3, -0.25) is 9.78 Å². The van der Waals surface area contributed by atoms with Gasteiger partial charge in [0.2, 0.25) is 5.91 Å². The Kier molecular flexibility index (Phi) is 3.75. The van der Waals surface area contributed by atoms with Crippen molar-refractivity contribution in [2.75, 3.05) is 0 Å². The lowest BCUT2D eigenvalue weighted by Crippen LogP contribution is -2.57. The van der Waals surface area contributed by atoms with Crippen LogP contribution in [0.25, 0.3) is 0 Å². The summed E-state index contributed by atoms with van der Waals surface area (Å²) in [5.74, 6) is -1.61. The van der Waals surface area contributed by atoms with Crippen molar-refractivity contribution in [3.8, 4) is 0 Å². The molecule has 0 aromatic carbocycles. The molecule has 1 amide bonds. The fourth-order valence-corrected chi connectivity index (χ4v) is 1.95. The van der Waals surface area contributed by atoms with Crippen LogP contribution < -0.4 is 0 Å². The molecule has 0 spiro atoms. The highest BCUT2D eigenvalue weighted by Crippen LogP contribution is 2.41. The van der Waals surface area contributed by atoms with Crippen LogP contribution in [0.5, 0.6) is 0 Å². The van der Waals surface area contributed by atoms with Gasteiger partial charge in [-0.15, -0.1) is 0 Å². The van der Waals surface area contributed by atoms with E-state index in [1.54, 1.807) is 0 Å². The smallest absolute Gasteiger partial charge is 0.362 e. The van der Waals surface area contributed by atoms with Gasteiger partial charge in [-0.2, -0.15) is 23.3 Å². The van der Waals surface area contributed by atoms with E-state index in [1.807, 2.05) is 0 Å². The molecule has 2 rings (SSSR count). The Hall–Kier alpha value is -1.96. The first kappa shape index (κ1) is 15.4. The molecule has 0 aliphatic carbocycles. The minimum Gasteiger partial charge on any atom is -0.362 e. The number of amides is 1. The Morgan fingerprint density at radius 2 is 1.95 bits per heavy atom. The zero-order valence-corrected chi connectivity index (χ0v) is 11.4. The number of hydrazone groups is 1. The summed E-state index contributed by atoms with van der Waals surface area (Å²) in [6, 6.07) is 2.94. The summed E-state index contributed by atoms with van der Waals surface area (Å²) in [7, 11) is 0. The lowest BCUT2D eigenvalue weighted by atomic mass is 10.0. The number of carbonyl (C=O) groups is 1. The van der Waals surface area contributed by atoms with E-state index in [1.165, 1.54) is 38.4 Å². The number of carbonyl (C=O) groups excluding carboxylic acids is 1. The van der Waals surface area contributed by atoms with Gasteiger partial charge in [0.05, 0.1) is 12.1 Å². The number of aromatic nitrogens is 1. The van der Waals surface area contributed by atoms with Gasteiger partial charge < -0.3 is 5.11 Å². The quantitative estimate of drug-likeness (QED) is 0.907. The van der Waals surface area contributed by atoms with Crippen molar-refractivity contribution in [3.63, 3.8) is 0 Å². The van der Waals surface area contributed by atoms with E-state index >= 15 is 0 Å². The van der Waals surface area contributed by atoms with Crippen LogP contribution in [-0.2, 0) is 4.79 Å². The number of alkyl halides is 3. The summed E-state index contributed by atoms with van der Waals surface area (Å²) in [6.07, 6.45) is -3.01. The number of nitrogens with zero attached hydrogens (tertiary/aromatic N) is 3. The fraction of sp³-hybridized carbons (Fsp3) is 0.462. The maximum absolute atomic E-state index is 13.2. The standard InChI is InChI=1S/C13H14F3N3O2/c1-8(2)11(20)19-12(21,13(14,15)16)7-10(18-19)9-3-5-17-6-4-9/h3-6,8,21H,7H2,1-2H3. The van der Waals surface area contributed by atoms with Gasteiger partial charge >= 0.3 is 6.18 Å². The zero-order chi connectivity index (χ0) is 15.8. The second-order valence-corrected chi connectivity index (χ2v) is 5.08. The molecule has 1 aromatic heterocycles. The molecule has 0 saturated carbocycles. The average Bonchev–Trinajstić information content (AvgIpc) is 2.78. The minimum atomic E-state index is -5.00. The van der Waals surface area contributed by atoms with Gasteiger partial charge in [0, 0.05) is 23.9 Å². The van der Waals surface area contributed by atoms with E-state index in [0.29, 0.717) is 5.56 Å².